The van der Waals surface area contributed by atoms with E-state index in [1.807, 2.05) is 0 Å². The number of benzene rings is 1. The Hall–Kier alpha value is -3.36. The maximum atomic E-state index is 12.0. The molecule has 9 heteroatoms. The zero-order chi connectivity index (χ0) is 17.8. The number of amides is 3. The van der Waals surface area contributed by atoms with Gasteiger partial charge in [-0.25, -0.2) is 4.79 Å². The molecule has 0 radical (unpaired) electrons. The summed E-state index contributed by atoms with van der Waals surface area (Å²) in [5.41, 5.74) is 1.63. The number of nitro groups is 1. The first kappa shape index (κ1) is 16.5. The van der Waals surface area contributed by atoms with Crippen molar-refractivity contribution in [2.75, 3.05) is 18.0 Å². The molecule has 3 rings (SSSR count). The van der Waals surface area contributed by atoms with Crippen molar-refractivity contribution in [2.45, 2.75) is 13.0 Å². The molecule has 1 aliphatic rings. The van der Waals surface area contributed by atoms with Crippen LogP contribution < -0.4 is 15.5 Å². The molecular weight excluding hydrogens is 328 g/mol. The second-order valence-corrected chi connectivity index (χ2v) is 5.55. The van der Waals surface area contributed by atoms with E-state index in [1.165, 1.54) is 18.4 Å². The number of nitrogens with one attached hydrogen (secondary N) is 2. The van der Waals surface area contributed by atoms with Crippen LogP contribution in [0.5, 0.6) is 0 Å². The number of furan rings is 1. The van der Waals surface area contributed by atoms with Gasteiger partial charge in [0.05, 0.1) is 24.3 Å². The molecule has 0 saturated carbocycles. The van der Waals surface area contributed by atoms with E-state index in [0.717, 1.165) is 11.3 Å². The Morgan fingerprint density at radius 3 is 2.88 bits per heavy atom. The quantitative estimate of drug-likeness (QED) is 0.628. The Kier molecular flexibility index (Phi) is 4.64. The van der Waals surface area contributed by atoms with E-state index >= 15 is 0 Å². The number of non-ortho nitro benzene ring substituents is 1. The highest BCUT2D eigenvalue weighted by Gasteiger charge is 2.23. The van der Waals surface area contributed by atoms with Gasteiger partial charge in [0.25, 0.3) is 5.69 Å². The van der Waals surface area contributed by atoms with Crippen LogP contribution >= 0.6 is 0 Å². The molecule has 0 unspecified atom stereocenters. The Labute approximate surface area is 142 Å². The normalized spacial score (nSPS) is 12.6. The molecule has 3 amide bonds. The average Bonchev–Trinajstić information content (AvgIpc) is 3.22. The fraction of sp³-hybridized carbons (Fsp3) is 0.250. The topological polar surface area (TPSA) is 118 Å². The number of hydrogen-bond donors (Lipinski definition) is 2. The van der Waals surface area contributed by atoms with Crippen LogP contribution in [0.3, 0.4) is 0 Å². The Morgan fingerprint density at radius 2 is 2.16 bits per heavy atom. The standard InChI is InChI=1S/C16H16N4O5/c21-15(18-16(22)17-9-13-2-1-7-25-13)10-19-6-5-11-8-12(20(23)24)3-4-14(11)19/h1-4,7-8H,5-6,9-10H2,(H2,17,18,21,22). The summed E-state index contributed by atoms with van der Waals surface area (Å²) in [6.45, 7) is 0.749. The monoisotopic (exact) mass is 344 g/mol. The number of fused-ring (bicyclic) bond motifs is 1. The molecule has 130 valence electrons. The van der Waals surface area contributed by atoms with E-state index < -0.39 is 16.9 Å². The third kappa shape index (κ3) is 3.94. The number of hydrogen-bond acceptors (Lipinski definition) is 6. The van der Waals surface area contributed by atoms with E-state index in [4.69, 9.17) is 4.42 Å². The predicted octanol–water partition coefficient (Wildman–Crippen LogP) is 1.58. The summed E-state index contributed by atoms with van der Waals surface area (Å²) < 4.78 is 5.08. The molecule has 0 atom stereocenters. The van der Waals surface area contributed by atoms with Gasteiger partial charge in [0.15, 0.2) is 0 Å². The fourth-order valence-corrected chi connectivity index (χ4v) is 2.70. The summed E-state index contributed by atoms with van der Waals surface area (Å²) in [6.07, 6.45) is 2.12. The third-order valence-electron chi connectivity index (χ3n) is 3.86. The minimum atomic E-state index is -0.607. The van der Waals surface area contributed by atoms with Crippen LogP contribution in [0.1, 0.15) is 11.3 Å². The van der Waals surface area contributed by atoms with Crippen molar-refractivity contribution in [1.29, 1.82) is 0 Å². The number of urea groups is 1. The zero-order valence-corrected chi connectivity index (χ0v) is 13.2. The van der Waals surface area contributed by atoms with E-state index in [0.29, 0.717) is 18.7 Å². The molecule has 0 bridgehead atoms. The van der Waals surface area contributed by atoms with Crippen LogP contribution in [0.4, 0.5) is 16.2 Å². The first-order valence-corrected chi connectivity index (χ1v) is 7.65. The van der Waals surface area contributed by atoms with E-state index in [9.17, 15) is 19.7 Å². The highest BCUT2D eigenvalue weighted by atomic mass is 16.6. The van der Waals surface area contributed by atoms with Gasteiger partial charge in [0.2, 0.25) is 5.91 Å². The summed E-state index contributed by atoms with van der Waals surface area (Å²) in [4.78, 5) is 35.9. The molecule has 0 saturated heterocycles. The molecule has 0 fully saturated rings. The molecule has 2 N–H and O–H groups in total. The Morgan fingerprint density at radius 1 is 1.32 bits per heavy atom. The molecule has 2 aromatic rings. The molecule has 25 heavy (non-hydrogen) atoms. The lowest BCUT2D eigenvalue weighted by Gasteiger charge is -2.18. The highest BCUT2D eigenvalue weighted by molar-refractivity contribution is 5.96. The average molecular weight is 344 g/mol. The van der Waals surface area contributed by atoms with Gasteiger partial charge >= 0.3 is 6.03 Å². The van der Waals surface area contributed by atoms with Crippen LogP contribution in [-0.2, 0) is 17.8 Å². The summed E-state index contributed by atoms with van der Waals surface area (Å²) in [5, 5.41) is 15.6. The smallest absolute Gasteiger partial charge is 0.321 e. The SMILES string of the molecule is O=C(CN1CCc2cc([N+](=O)[O-])ccc21)NC(=O)NCc1ccco1. The van der Waals surface area contributed by atoms with Crippen LogP contribution in [0.15, 0.2) is 41.0 Å². The van der Waals surface area contributed by atoms with E-state index in [2.05, 4.69) is 10.6 Å². The lowest BCUT2D eigenvalue weighted by Crippen LogP contribution is -2.44. The Bertz CT molecular complexity index is 803. The second kappa shape index (κ2) is 7.04. The van der Waals surface area contributed by atoms with Crippen molar-refractivity contribution in [3.63, 3.8) is 0 Å². The lowest BCUT2D eigenvalue weighted by atomic mass is 10.1. The summed E-state index contributed by atoms with van der Waals surface area (Å²) in [5.74, 6) is 0.126. The second-order valence-electron chi connectivity index (χ2n) is 5.55. The van der Waals surface area contributed by atoms with Crippen LogP contribution in [0, 0.1) is 10.1 Å². The lowest BCUT2D eigenvalue weighted by molar-refractivity contribution is -0.384. The van der Waals surface area contributed by atoms with Crippen molar-refractivity contribution in [3.8, 4) is 0 Å². The highest BCUT2D eigenvalue weighted by Crippen LogP contribution is 2.30. The van der Waals surface area contributed by atoms with Crippen molar-refractivity contribution in [3.05, 3.63) is 58.0 Å². The molecular formula is C16H16N4O5. The van der Waals surface area contributed by atoms with Gasteiger partial charge in [-0.2, -0.15) is 0 Å². The molecule has 0 spiro atoms. The van der Waals surface area contributed by atoms with Gasteiger partial charge in [0.1, 0.15) is 5.76 Å². The first-order valence-electron chi connectivity index (χ1n) is 7.65. The largest absolute Gasteiger partial charge is 0.467 e. The number of nitro benzene ring substituents is 1. The molecule has 9 nitrogen and oxygen atoms in total. The van der Waals surface area contributed by atoms with Gasteiger partial charge in [-0.15, -0.1) is 0 Å². The maximum absolute atomic E-state index is 12.0. The molecule has 0 aliphatic carbocycles. The third-order valence-corrected chi connectivity index (χ3v) is 3.86. The molecule has 1 aromatic heterocycles. The Balaban J connectivity index is 1.52. The van der Waals surface area contributed by atoms with Crippen molar-refractivity contribution >= 4 is 23.3 Å². The van der Waals surface area contributed by atoms with Gasteiger partial charge in [0, 0.05) is 24.4 Å². The molecule has 1 aliphatic heterocycles. The van der Waals surface area contributed by atoms with Crippen LogP contribution in [0.2, 0.25) is 0 Å². The number of anilines is 1. The first-order chi connectivity index (χ1) is 12.0. The van der Waals surface area contributed by atoms with E-state index in [1.54, 1.807) is 23.1 Å². The maximum Gasteiger partial charge on any atom is 0.321 e. The van der Waals surface area contributed by atoms with Crippen LogP contribution in [0.25, 0.3) is 0 Å². The van der Waals surface area contributed by atoms with E-state index in [-0.39, 0.29) is 18.8 Å². The minimum Gasteiger partial charge on any atom is -0.467 e. The number of carbonyl (C=O) groups excluding carboxylic acids is 2. The zero-order valence-electron chi connectivity index (χ0n) is 13.2. The summed E-state index contributed by atoms with van der Waals surface area (Å²) in [6, 6.07) is 7.36. The number of carbonyl (C=O) groups is 2. The molecule has 1 aromatic carbocycles. The fourth-order valence-electron chi connectivity index (χ4n) is 2.70. The van der Waals surface area contributed by atoms with Crippen molar-refractivity contribution in [2.24, 2.45) is 0 Å². The van der Waals surface area contributed by atoms with Gasteiger partial charge in [-0.05, 0) is 30.2 Å². The van der Waals surface area contributed by atoms with Crippen LogP contribution in [-0.4, -0.2) is 30.0 Å². The summed E-state index contributed by atoms with van der Waals surface area (Å²) >= 11 is 0. The predicted molar refractivity (Wildman–Crippen MR) is 88.1 cm³/mol. The van der Waals surface area contributed by atoms with Gasteiger partial charge in [-0.3, -0.25) is 20.2 Å². The molecule has 2 heterocycles. The number of imide groups is 1. The van der Waals surface area contributed by atoms with Crippen molar-refractivity contribution in [1.82, 2.24) is 10.6 Å². The number of rotatable bonds is 5. The summed E-state index contributed by atoms with van der Waals surface area (Å²) in [7, 11) is 0. The van der Waals surface area contributed by atoms with Gasteiger partial charge in [-0.1, -0.05) is 0 Å². The number of nitrogens with zero attached hydrogens (tertiary/aromatic N) is 2. The minimum absolute atomic E-state index is 0.00101. The van der Waals surface area contributed by atoms with Gasteiger partial charge < -0.3 is 14.6 Å². The van der Waals surface area contributed by atoms with Crippen molar-refractivity contribution < 1.29 is 18.9 Å².